The lowest BCUT2D eigenvalue weighted by Crippen LogP contribution is -2.10. The van der Waals surface area contributed by atoms with E-state index in [1.807, 2.05) is 30.3 Å². The molecule has 0 aliphatic carbocycles. The molecule has 0 amide bonds. The number of nitro groups is 1. The first-order valence-corrected chi connectivity index (χ1v) is 7.84. The zero-order valence-corrected chi connectivity index (χ0v) is 13.7. The van der Waals surface area contributed by atoms with Gasteiger partial charge in [0.15, 0.2) is 5.65 Å². The molecular formula is C18H13N5O3. The molecule has 128 valence electrons. The molecule has 0 spiro atoms. The van der Waals surface area contributed by atoms with Gasteiger partial charge in [-0.2, -0.15) is 5.10 Å². The van der Waals surface area contributed by atoms with Crippen LogP contribution in [-0.2, 0) is 0 Å². The molecule has 1 N–H and O–H groups in total. The highest BCUT2D eigenvalue weighted by atomic mass is 16.6. The van der Waals surface area contributed by atoms with Gasteiger partial charge in [0.1, 0.15) is 11.2 Å². The van der Waals surface area contributed by atoms with Gasteiger partial charge in [-0.05, 0) is 31.2 Å². The second-order valence-corrected chi connectivity index (χ2v) is 5.75. The molecule has 0 radical (unpaired) electrons. The van der Waals surface area contributed by atoms with Crippen molar-refractivity contribution in [1.29, 1.82) is 0 Å². The maximum absolute atomic E-state index is 12.6. The van der Waals surface area contributed by atoms with Gasteiger partial charge in [-0.1, -0.05) is 18.2 Å². The molecule has 0 aliphatic rings. The van der Waals surface area contributed by atoms with Gasteiger partial charge in [-0.25, -0.2) is 9.67 Å². The van der Waals surface area contributed by atoms with Gasteiger partial charge in [0.05, 0.1) is 16.3 Å². The highest BCUT2D eigenvalue weighted by molar-refractivity contribution is 5.80. The standard InChI is InChI=1S/C18H13N5O3/c1-11-15-17(22(21-11)13-5-3-2-4-6-13)19-16(20-18(15)24)12-7-9-14(10-8-12)23(25)26/h2-10H,1H3,(H,19,20,24). The van der Waals surface area contributed by atoms with Crippen LogP contribution >= 0.6 is 0 Å². The lowest BCUT2D eigenvalue weighted by molar-refractivity contribution is -0.384. The number of benzene rings is 2. The first kappa shape index (κ1) is 15.7. The van der Waals surface area contributed by atoms with E-state index < -0.39 is 4.92 Å². The van der Waals surface area contributed by atoms with Crippen LogP contribution in [-0.4, -0.2) is 24.7 Å². The van der Waals surface area contributed by atoms with E-state index >= 15 is 0 Å². The molecule has 2 heterocycles. The van der Waals surface area contributed by atoms with E-state index in [0.29, 0.717) is 28.1 Å². The molecule has 0 fully saturated rings. The van der Waals surface area contributed by atoms with Gasteiger partial charge >= 0.3 is 0 Å². The molecule has 0 bridgehead atoms. The summed E-state index contributed by atoms with van der Waals surface area (Å²) in [6.45, 7) is 1.75. The first-order valence-electron chi connectivity index (χ1n) is 7.84. The van der Waals surface area contributed by atoms with Crippen LogP contribution in [0.5, 0.6) is 0 Å². The fourth-order valence-corrected chi connectivity index (χ4v) is 2.82. The van der Waals surface area contributed by atoms with Crippen molar-refractivity contribution < 1.29 is 4.92 Å². The average molecular weight is 347 g/mol. The molecule has 0 saturated carbocycles. The predicted molar refractivity (Wildman–Crippen MR) is 96.3 cm³/mol. The van der Waals surface area contributed by atoms with Crippen LogP contribution < -0.4 is 5.56 Å². The van der Waals surface area contributed by atoms with Crippen LogP contribution in [0.25, 0.3) is 28.1 Å². The maximum Gasteiger partial charge on any atom is 0.269 e. The van der Waals surface area contributed by atoms with Gasteiger partial charge < -0.3 is 4.98 Å². The van der Waals surface area contributed by atoms with E-state index in [-0.39, 0.29) is 11.2 Å². The van der Waals surface area contributed by atoms with E-state index in [1.165, 1.54) is 12.1 Å². The number of nitrogens with zero attached hydrogens (tertiary/aromatic N) is 4. The first-order chi connectivity index (χ1) is 12.5. The normalized spacial score (nSPS) is 11.0. The minimum atomic E-state index is -0.475. The van der Waals surface area contributed by atoms with Gasteiger partial charge in [0, 0.05) is 17.7 Å². The molecule has 8 nitrogen and oxygen atoms in total. The third-order valence-corrected chi connectivity index (χ3v) is 4.07. The molecule has 2 aromatic carbocycles. The summed E-state index contributed by atoms with van der Waals surface area (Å²) in [6, 6.07) is 15.3. The molecule has 26 heavy (non-hydrogen) atoms. The van der Waals surface area contributed by atoms with Crippen molar-refractivity contribution in [3.05, 3.63) is 80.8 Å². The third kappa shape index (κ3) is 2.53. The molecule has 0 atom stereocenters. The number of para-hydroxylation sites is 1. The van der Waals surface area contributed by atoms with Crippen LogP contribution in [0.3, 0.4) is 0 Å². The molecule has 0 saturated heterocycles. The molecule has 0 unspecified atom stereocenters. The molecule has 8 heteroatoms. The van der Waals surface area contributed by atoms with Crippen LogP contribution in [0.1, 0.15) is 5.69 Å². The van der Waals surface area contributed by atoms with Crippen LogP contribution in [0, 0.1) is 17.0 Å². The Balaban J connectivity index is 1.93. The quantitative estimate of drug-likeness (QED) is 0.453. The Kier molecular flexibility index (Phi) is 3.58. The summed E-state index contributed by atoms with van der Waals surface area (Å²) in [5.74, 6) is 0.328. The SMILES string of the molecule is Cc1nn(-c2ccccc2)c2nc(-c3ccc([N+](=O)[O-])cc3)[nH]c(=O)c12. The van der Waals surface area contributed by atoms with Crippen molar-refractivity contribution in [2.45, 2.75) is 6.92 Å². The van der Waals surface area contributed by atoms with E-state index in [9.17, 15) is 14.9 Å². The van der Waals surface area contributed by atoms with Crippen molar-refractivity contribution in [3.8, 4) is 17.1 Å². The second-order valence-electron chi connectivity index (χ2n) is 5.75. The average Bonchev–Trinajstić information content (AvgIpc) is 2.99. The molecule has 0 aliphatic heterocycles. The minimum Gasteiger partial charge on any atom is -0.306 e. The van der Waals surface area contributed by atoms with Crippen LogP contribution in [0.2, 0.25) is 0 Å². The molecule has 4 aromatic rings. The number of aromatic amines is 1. The third-order valence-electron chi connectivity index (χ3n) is 4.07. The number of nitrogens with one attached hydrogen (secondary N) is 1. The monoisotopic (exact) mass is 347 g/mol. The summed E-state index contributed by atoms with van der Waals surface area (Å²) < 4.78 is 1.62. The number of hydrogen-bond donors (Lipinski definition) is 1. The van der Waals surface area contributed by atoms with Gasteiger partial charge in [-0.3, -0.25) is 14.9 Å². The molecule has 4 rings (SSSR count). The molecule has 2 aromatic heterocycles. The summed E-state index contributed by atoms with van der Waals surface area (Å²) in [5, 5.41) is 15.7. The summed E-state index contributed by atoms with van der Waals surface area (Å²) in [7, 11) is 0. The Morgan fingerprint density at radius 2 is 1.77 bits per heavy atom. The number of non-ortho nitro benzene ring substituents is 1. The number of fused-ring (bicyclic) bond motifs is 1. The summed E-state index contributed by atoms with van der Waals surface area (Å²) >= 11 is 0. The zero-order chi connectivity index (χ0) is 18.3. The lowest BCUT2D eigenvalue weighted by Gasteiger charge is -2.04. The van der Waals surface area contributed by atoms with E-state index in [2.05, 4.69) is 15.1 Å². The fraction of sp³-hybridized carbons (Fsp3) is 0.0556. The number of H-pyrrole nitrogens is 1. The summed E-state index contributed by atoms with van der Waals surface area (Å²) in [5.41, 5.74) is 2.05. The number of nitro benzene ring substituents is 1. The van der Waals surface area contributed by atoms with Gasteiger partial charge in [-0.15, -0.1) is 0 Å². The van der Waals surface area contributed by atoms with E-state index in [1.54, 1.807) is 23.7 Å². The van der Waals surface area contributed by atoms with Crippen LogP contribution in [0.4, 0.5) is 5.69 Å². The maximum atomic E-state index is 12.6. The van der Waals surface area contributed by atoms with Crippen LogP contribution in [0.15, 0.2) is 59.4 Å². The zero-order valence-electron chi connectivity index (χ0n) is 13.7. The highest BCUT2D eigenvalue weighted by Gasteiger charge is 2.16. The Morgan fingerprint density at radius 1 is 1.08 bits per heavy atom. The van der Waals surface area contributed by atoms with E-state index in [0.717, 1.165) is 5.69 Å². The van der Waals surface area contributed by atoms with Crippen molar-refractivity contribution in [1.82, 2.24) is 19.7 Å². The predicted octanol–water partition coefficient (Wildman–Crippen LogP) is 2.99. The van der Waals surface area contributed by atoms with Crippen molar-refractivity contribution in [2.24, 2.45) is 0 Å². The smallest absolute Gasteiger partial charge is 0.269 e. The van der Waals surface area contributed by atoms with Crippen molar-refractivity contribution in [3.63, 3.8) is 0 Å². The number of rotatable bonds is 3. The second kappa shape index (κ2) is 5.92. The van der Waals surface area contributed by atoms with Crippen molar-refractivity contribution in [2.75, 3.05) is 0 Å². The summed E-state index contributed by atoms with van der Waals surface area (Å²) in [4.78, 5) is 30.2. The Bertz CT molecular complexity index is 1180. The Morgan fingerprint density at radius 3 is 2.42 bits per heavy atom. The number of aryl methyl sites for hydroxylation is 1. The number of aromatic nitrogens is 4. The lowest BCUT2D eigenvalue weighted by atomic mass is 10.2. The topological polar surface area (TPSA) is 107 Å². The van der Waals surface area contributed by atoms with Crippen molar-refractivity contribution >= 4 is 16.7 Å². The van der Waals surface area contributed by atoms with Gasteiger partial charge in [0.25, 0.3) is 11.2 Å². The fourth-order valence-electron chi connectivity index (χ4n) is 2.82. The Hall–Kier alpha value is -3.81. The Labute approximate surface area is 146 Å². The largest absolute Gasteiger partial charge is 0.306 e. The van der Waals surface area contributed by atoms with Gasteiger partial charge in [0.2, 0.25) is 0 Å². The number of hydrogen-bond acceptors (Lipinski definition) is 5. The van der Waals surface area contributed by atoms with E-state index in [4.69, 9.17) is 0 Å². The summed E-state index contributed by atoms with van der Waals surface area (Å²) in [6.07, 6.45) is 0. The molecular weight excluding hydrogens is 334 g/mol. The highest BCUT2D eigenvalue weighted by Crippen LogP contribution is 2.22. The minimum absolute atomic E-state index is 0.0256.